The average Bonchev–Trinajstić information content (AvgIpc) is 2.34. The Morgan fingerprint density at radius 1 is 0.810 bits per heavy atom. The van der Waals surface area contributed by atoms with Gasteiger partial charge in [-0.05, 0) is 35.6 Å². The molecule has 120 valence electrons. The predicted octanol–water partition coefficient (Wildman–Crippen LogP) is 6.25. The van der Waals surface area contributed by atoms with E-state index in [1.54, 1.807) is 6.92 Å². The third-order valence-corrected chi connectivity index (χ3v) is 5.10. The quantitative estimate of drug-likeness (QED) is 0.432. The van der Waals surface area contributed by atoms with E-state index in [9.17, 15) is 26.3 Å². The molecule has 0 amide bonds. The number of hydrogen-bond donors (Lipinski definition) is 0. The lowest BCUT2D eigenvalue weighted by atomic mass is 9.89. The van der Waals surface area contributed by atoms with Gasteiger partial charge in [0.1, 0.15) is 0 Å². The molecule has 0 N–H and O–H groups in total. The average molecular weight is 377 g/mol. The molecule has 0 heterocycles. The second kappa shape index (κ2) is 6.18. The van der Waals surface area contributed by atoms with Crippen LogP contribution in [-0.4, -0.2) is 4.83 Å². The van der Waals surface area contributed by atoms with Crippen molar-refractivity contribution in [2.45, 2.75) is 43.9 Å². The Kier molecular flexibility index (Phi) is 5.40. The van der Waals surface area contributed by atoms with Crippen molar-refractivity contribution in [2.24, 2.45) is 5.92 Å². The zero-order valence-corrected chi connectivity index (χ0v) is 13.2. The Labute approximate surface area is 127 Å². The molecule has 0 spiro atoms. The molecule has 2 unspecified atom stereocenters. The second-order valence-corrected chi connectivity index (χ2v) is 6.37. The predicted molar refractivity (Wildman–Crippen MR) is 72.4 cm³/mol. The van der Waals surface area contributed by atoms with Gasteiger partial charge < -0.3 is 0 Å². The van der Waals surface area contributed by atoms with E-state index in [1.807, 2.05) is 13.8 Å². The number of rotatable bonds is 3. The van der Waals surface area contributed by atoms with Crippen LogP contribution in [0.4, 0.5) is 26.3 Å². The van der Waals surface area contributed by atoms with E-state index in [0.29, 0.717) is 0 Å². The standard InChI is InChI=1S/C14H15BrF6/c1-7(2)12(15)8(3)9-4-10(13(16,17)18)6-11(5-9)14(19,20)21/h4-8,12H,1-3H3. The summed E-state index contributed by atoms with van der Waals surface area (Å²) in [4.78, 5) is -0.220. The van der Waals surface area contributed by atoms with Gasteiger partial charge in [-0.1, -0.05) is 36.7 Å². The highest BCUT2D eigenvalue weighted by atomic mass is 79.9. The summed E-state index contributed by atoms with van der Waals surface area (Å²) in [6, 6.07) is 1.72. The number of halogens is 7. The molecule has 0 radical (unpaired) electrons. The molecule has 2 atom stereocenters. The van der Waals surface area contributed by atoms with Crippen LogP contribution in [0, 0.1) is 5.92 Å². The lowest BCUT2D eigenvalue weighted by Gasteiger charge is -2.24. The van der Waals surface area contributed by atoms with E-state index in [2.05, 4.69) is 15.9 Å². The molecule has 0 aliphatic heterocycles. The highest BCUT2D eigenvalue weighted by Crippen LogP contribution is 2.39. The van der Waals surface area contributed by atoms with Crippen molar-refractivity contribution in [3.63, 3.8) is 0 Å². The summed E-state index contributed by atoms with van der Waals surface area (Å²) in [7, 11) is 0. The Hall–Kier alpha value is -0.720. The first kappa shape index (κ1) is 18.3. The van der Waals surface area contributed by atoms with E-state index in [-0.39, 0.29) is 22.4 Å². The largest absolute Gasteiger partial charge is 0.416 e. The number of alkyl halides is 7. The molecule has 0 aliphatic carbocycles. The van der Waals surface area contributed by atoms with Crippen LogP contribution < -0.4 is 0 Å². The molecule has 1 aromatic carbocycles. The zero-order valence-electron chi connectivity index (χ0n) is 11.6. The summed E-state index contributed by atoms with van der Waals surface area (Å²) in [6.45, 7) is 5.29. The maximum absolute atomic E-state index is 12.8. The van der Waals surface area contributed by atoms with Crippen molar-refractivity contribution in [1.82, 2.24) is 0 Å². The van der Waals surface area contributed by atoms with E-state index in [0.717, 1.165) is 12.1 Å². The fraction of sp³-hybridized carbons (Fsp3) is 0.571. The van der Waals surface area contributed by atoms with E-state index >= 15 is 0 Å². The molecule has 0 bridgehead atoms. The van der Waals surface area contributed by atoms with Crippen molar-refractivity contribution in [2.75, 3.05) is 0 Å². The highest BCUT2D eigenvalue weighted by molar-refractivity contribution is 9.09. The fourth-order valence-electron chi connectivity index (χ4n) is 2.00. The third kappa shape index (κ3) is 4.63. The summed E-state index contributed by atoms with van der Waals surface area (Å²) < 4.78 is 76.7. The maximum atomic E-state index is 12.8. The smallest absolute Gasteiger partial charge is 0.166 e. The summed E-state index contributed by atoms with van der Waals surface area (Å²) in [5.41, 5.74) is -2.53. The van der Waals surface area contributed by atoms with E-state index in [4.69, 9.17) is 0 Å². The highest BCUT2D eigenvalue weighted by Gasteiger charge is 2.37. The fourth-order valence-corrected chi connectivity index (χ4v) is 2.31. The second-order valence-electron chi connectivity index (χ2n) is 5.32. The van der Waals surface area contributed by atoms with Gasteiger partial charge in [-0.3, -0.25) is 0 Å². The molecular weight excluding hydrogens is 362 g/mol. The van der Waals surface area contributed by atoms with Crippen LogP contribution in [0.3, 0.4) is 0 Å². The number of hydrogen-bond acceptors (Lipinski definition) is 0. The SMILES string of the molecule is CC(C)C(Br)C(C)c1cc(C(F)(F)F)cc(C(F)(F)F)c1. The van der Waals surface area contributed by atoms with Crippen LogP contribution >= 0.6 is 15.9 Å². The maximum Gasteiger partial charge on any atom is 0.416 e. The van der Waals surface area contributed by atoms with Crippen molar-refractivity contribution in [3.8, 4) is 0 Å². The van der Waals surface area contributed by atoms with Crippen molar-refractivity contribution < 1.29 is 26.3 Å². The molecule has 1 aromatic rings. The van der Waals surface area contributed by atoms with Gasteiger partial charge in [-0.2, -0.15) is 26.3 Å². The van der Waals surface area contributed by atoms with Crippen LogP contribution in [0.5, 0.6) is 0 Å². The monoisotopic (exact) mass is 376 g/mol. The summed E-state index contributed by atoms with van der Waals surface area (Å²) in [5.74, 6) is -0.405. The molecule has 0 saturated carbocycles. The summed E-state index contributed by atoms with van der Waals surface area (Å²) in [6.07, 6.45) is -9.62. The third-order valence-electron chi connectivity index (χ3n) is 3.25. The van der Waals surface area contributed by atoms with Gasteiger partial charge in [-0.15, -0.1) is 0 Å². The Morgan fingerprint density at radius 2 is 1.19 bits per heavy atom. The summed E-state index contributed by atoms with van der Waals surface area (Å²) in [5, 5.41) is 0. The van der Waals surface area contributed by atoms with Crippen molar-refractivity contribution >= 4 is 15.9 Å². The Bertz CT molecular complexity index is 457. The van der Waals surface area contributed by atoms with Gasteiger partial charge in [0.25, 0.3) is 0 Å². The first-order valence-electron chi connectivity index (χ1n) is 6.27. The first-order chi connectivity index (χ1) is 9.34. The van der Waals surface area contributed by atoms with Crippen molar-refractivity contribution in [1.29, 1.82) is 0 Å². The minimum absolute atomic E-state index is 0.0210. The molecule has 0 aliphatic rings. The topological polar surface area (TPSA) is 0 Å². The molecule has 0 fully saturated rings. The molecule has 21 heavy (non-hydrogen) atoms. The minimum Gasteiger partial charge on any atom is -0.166 e. The van der Waals surface area contributed by atoms with Crippen LogP contribution in [0.2, 0.25) is 0 Å². The Morgan fingerprint density at radius 3 is 1.48 bits per heavy atom. The molecule has 0 aromatic heterocycles. The molecule has 1 rings (SSSR count). The van der Waals surface area contributed by atoms with Gasteiger partial charge in [0.2, 0.25) is 0 Å². The molecular formula is C14H15BrF6. The summed E-state index contributed by atoms with van der Waals surface area (Å²) >= 11 is 3.33. The van der Waals surface area contributed by atoms with Gasteiger partial charge in [0, 0.05) is 4.83 Å². The van der Waals surface area contributed by atoms with Crippen LogP contribution in [0.25, 0.3) is 0 Å². The number of benzene rings is 1. The molecule has 0 nitrogen and oxygen atoms in total. The van der Waals surface area contributed by atoms with Crippen LogP contribution in [0.15, 0.2) is 18.2 Å². The van der Waals surface area contributed by atoms with Crippen molar-refractivity contribution in [3.05, 3.63) is 34.9 Å². The minimum atomic E-state index is -4.81. The van der Waals surface area contributed by atoms with Crippen LogP contribution in [0.1, 0.15) is 43.4 Å². The Balaban J connectivity index is 3.39. The van der Waals surface area contributed by atoms with E-state index < -0.39 is 29.4 Å². The molecule has 7 heteroatoms. The van der Waals surface area contributed by atoms with Gasteiger partial charge >= 0.3 is 12.4 Å². The van der Waals surface area contributed by atoms with E-state index in [1.165, 1.54) is 0 Å². The molecule has 0 saturated heterocycles. The normalized spacial score (nSPS) is 16.1. The van der Waals surface area contributed by atoms with Gasteiger partial charge in [0.05, 0.1) is 11.1 Å². The first-order valence-corrected chi connectivity index (χ1v) is 7.19. The van der Waals surface area contributed by atoms with Gasteiger partial charge in [0.15, 0.2) is 0 Å². The van der Waals surface area contributed by atoms with Gasteiger partial charge in [-0.25, -0.2) is 0 Å². The lowest BCUT2D eigenvalue weighted by molar-refractivity contribution is -0.143. The lowest BCUT2D eigenvalue weighted by Crippen LogP contribution is -2.18. The van der Waals surface area contributed by atoms with Crippen LogP contribution in [-0.2, 0) is 12.4 Å². The zero-order chi connectivity index (χ0) is 16.6.